The van der Waals surface area contributed by atoms with Crippen LogP contribution in [0.4, 0.5) is 8.78 Å². The molecule has 128 valence electrons. The Kier molecular flexibility index (Phi) is 4.89. The minimum absolute atomic E-state index is 0.00197. The van der Waals surface area contributed by atoms with E-state index in [2.05, 4.69) is 9.97 Å². The Morgan fingerprint density at radius 3 is 2.75 bits per heavy atom. The van der Waals surface area contributed by atoms with Crippen LogP contribution in [0.25, 0.3) is 11.3 Å². The highest BCUT2D eigenvalue weighted by molar-refractivity contribution is 5.77. The van der Waals surface area contributed by atoms with Gasteiger partial charge >= 0.3 is 0 Å². The number of benzene rings is 1. The van der Waals surface area contributed by atoms with Crippen LogP contribution in [0.5, 0.6) is 0 Å². The molecule has 3 rings (SSSR count). The summed E-state index contributed by atoms with van der Waals surface area (Å²) in [6, 6.07) is 3.77. The van der Waals surface area contributed by atoms with Gasteiger partial charge in [-0.1, -0.05) is 0 Å². The van der Waals surface area contributed by atoms with E-state index in [9.17, 15) is 13.6 Å². The fraction of sp³-hybridized carbons (Fsp3) is 0.412. The van der Waals surface area contributed by atoms with E-state index in [1.165, 1.54) is 13.2 Å². The molecule has 0 atom stereocenters. The molecule has 2 aromatic rings. The van der Waals surface area contributed by atoms with E-state index >= 15 is 0 Å². The highest BCUT2D eigenvalue weighted by Gasteiger charge is 2.25. The number of imidazole rings is 1. The fourth-order valence-corrected chi connectivity index (χ4v) is 2.97. The van der Waals surface area contributed by atoms with Crippen molar-refractivity contribution in [2.75, 3.05) is 26.8 Å². The number of amides is 1. The molecule has 0 saturated carbocycles. The number of nitrogens with one attached hydrogen (secondary N) is 1. The molecule has 1 amide bonds. The smallest absolute Gasteiger partial charge is 0.248 e. The molecule has 0 unspecified atom stereocenters. The van der Waals surface area contributed by atoms with Crippen LogP contribution >= 0.6 is 0 Å². The van der Waals surface area contributed by atoms with Crippen molar-refractivity contribution in [3.05, 3.63) is 41.9 Å². The molecule has 1 aromatic carbocycles. The zero-order valence-corrected chi connectivity index (χ0v) is 13.4. The molecule has 2 heterocycles. The van der Waals surface area contributed by atoms with Crippen LogP contribution in [0.1, 0.15) is 24.6 Å². The summed E-state index contributed by atoms with van der Waals surface area (Å²) in [6.07, 6.45) is 3.24. The van der Waals surface area contributed by atoms with E-state index in [1.54, 1.807) is 11.1 Å². The summed E-state index contributed by atoms with van der Waals surface area (Å²) < 4.78 is 31.2. The zero-order chi connectivity index (χ0) is 17.1. The van der Waals surface area contributed by atoms with Crippen molar-refractivity contribution >= 4 is 5.91 Å². The monoisotopic (exact) mass is 335 g/mol. The van der Waals surface area contributed by atoms with Crippen LogP contribution in [0, 0.1) is 11.6 Å². The Hall–Kier alpha value is -2.28. The average Bonchev–Trinajstić information content (AvgIpc) is 3.08. The minimum atomic E-state index is -0.881. The van der Waals surface area contributed by atoms with Crippen LogP contribution in [-0.2, 0) is 9.53 Å². The highest BCUT2D eigenvalue weighted by atomic mass is 19.2. The first-order valence-corrected chi connectivity index (χ1v) is 7.85. The van der Waals surface area contributed by atoms with Crippen molar-refractivity contribution in [3.8, 4) is 11.3 Å². The number of likely N-dealkylation sites (tertiary alicyclic amines) is 1. The molecule has 24 heavy (non-hydrogen) atoms. The maximum Gasteiger partial charge on any atom is 0.248 e. The maximum absolute atomic E-state index is 13.4. The molecule has 1 fully saturated rings. The lowest BCUT2D eigenvalue weighted by Crippen LogP contribution is -2.39. The van der Waals surface area contributed by atoms with Crippen molar-refractivity contribution in [1.82, 2.24) is 14.9 Å². The van der Waals surface area contributed by atoms with Gasteiger partial charge < -0.3 is 14.6 Å². The summed E-state index contributed by atoms with van der Waals surface area (Å²) in [6.45, 7) is 1.42. The zero-order valence-electron chi connectivity index (χ0n) is 13.4. The number of hydrogen-bond donors (Lipinski definition) is 1. The van der Waals surface area contributed by atoms with Crippen molar-refractivity contribution in [2.24, 2.45) is 0 Å². The Labute approximate surface area is 138 Å². The second-order valence-electron chi connectivity index (χ2n) is 5.90. The molecular formula is C17H19F2N3O2. The third-order valence-electron chi connectivity index (χ3n) is 4.33. The third-order valence-corrected chi connectivity index (χ3v) is 4.33. The summed E-state index contributed by atoms with van der Waals surface area (Å²) in [5.74, 6) is -0.720. The first-order valence-electron chi connectivity index (χ1n) is 7.85. The van der Waals surface area contributed by atoms with Gasteiger partial charge in [-0.2, -0.15) is 0 Å². The summed E-state index contributed by atoms with van der Waals surface area (Å²) in [4.78, 5) is 21.2. The molecule has 0 bridgehead atoms. The van der Waals surface area contributed by atoms with E-state index in [-0.39, 0.29) is 18.4 Å². The number of carbonyl (C=O) groups excluding carboxylic acids is 1. The Bertz CT molecular complexity index is 724. The number of aromatic nitrogens is 2. The van der Waals surface area contributed by atoms with Gasteiger partial charge in [-0.05, 0) is 31.0 Å². The van der Waals surface area contributed by atoms with Crippen LogP contribution in [0.2, 0.25) is 0 Å². The number of halogens is 2. The van der Waals surface area contributed by atoms with Gasteiger partial charge in [0.15, 0.2) is 11.6 Å². The van der Waals surface area contributed by atoms with E-state index < -0.39 is 11.6 Å². The second-order valence-corrected chi connectivity index (χ2v) is 5.90. The van der Waals surface area contributed by atoms with Gasteiger partial charge in [0.25, 0.3) is 0 Å². The molecular weight excluding hydrogens is 316 g/mol. The number of aromatic amines is 1. The van der Waals surface area contributed by atoms with Crippen molar-refractivity contribution in [1.29, 1.82) is 0 Å². The molecule has 1 aromatic heterocycles. The predicted molar refractivity (Wildman–Crippen MR) is 84.4 cm³/mol. The number of hydrogen-bond acceptors (Lipinski definition) is 3. The Morgan fingerprint density at radius 1 is 1.33 bits per heavy atom. The summed E-state index contributed by atoms with van der Waals surface area (Å²) in [5.41, 5.74) is 1.21. The van der Waals surface area contributed by atoms with E-state index in [0.29, 0.717) is 24.3 Å². The molecule has 0 aliphatic carbocycles. The molecule has 0 radical (unpaired) electrons. The van der Waals surface area contributed by atoms with E-state index in [4.69, 9.17) is 4.74 Å². The predicted octanol–water partition coefficient (Wildman–Crippen LogP) is 2.71. The van der Waals surface area contributed by atoms with Gasteiger partial charge in [-0.25, -0.2) is 13.8 Å². The number of piperidine rings is 1. The SMILES string of the molecule is COCC(=O)N1CCC(c2ncc(-c3ccc(F)c(F)c3)[nH]2)CC1. The molecule has 1 aliphatic heterocycles. The van der Waals surface area contributed by atoms with Gasteiger partial charge in [-0.3, -0.25) is 4.79 Å². The van der Waals surface area contributed by atoms with Gasteiger partial charge in [-0.15, -0.1) is 0 Å². The fourth-order valence-electron chi connectivity index (χ4n) is 2.97. The standard InChI is InChI=1S/C17H19F2N3O2/c1-24-10-16(23)22-6-4-11(5-7-22)17-20-9-15(21-17)12-2-3-13(18)14(19)8-12/h2-3,8-9,11H,4-7,10H2,1H3,(H,20,21). The van der Waals surface area contributed by atoms with E-state index in [0.717, 1.165) is 30.8 Å². The van der Waals surface area contributed by atoms with Crippen molar-refractivity contribution in [3.63, 3.8) is 0 Å². The van der Waals surface area contributed by atoms with Gasteiger partial charge in [0.1, 0.15) is 12.4 Å². The maximum atomic E-state index is 13.4. The second kappa shape index (κ2) is 7.09. The quantitative estimate of drug-likeness (QED) is 0.935. The van der Waals surface area contributed by atoms with Crippen molar-refractivity contribution < 1.29 is 18.3 Å². The molecule has 1 aliphatic rings. The average molecular weight is 335 g/mol. The summed E-state index contributed by atoms with van der Waals surface area (Å²) in [7, 11) is 1.51. The molecule has 7 heteroatoms. The number of ether oxygens (including phenoxy) is 1. The molecule has 1 saturated heterocycles. The first-order chi connectivity index (χ1) is 11.6. The summed E-state index contributed by atoms with van der Waals surface area (Å²) >= 11 is 0. The lowest BCUT2D eigenvalue weighted by atomic mass is 9.96. The lowest BCUT2D eigenvalue weighted by molar-refractivity contribution is -0.136. The first kappa shape index (κ1) is 16.6. The largest absolute Gasteiger partial charge is 0.375 e. The summed E-state index contributed by atoms with van der Waals surface area (Å²) in [5, 5.41) is 0. The molecule has 1 N–H and O–H groups in total. The van der Waals surface area contributed by atoms with Crippen LogP contribution in [-0.4, -0.2) is 47.6 Å². The molecule has 5 nitrogen and oxygen atoms in total. The number of methoxy groups -OCH3 is 1. The normalized spacial score (nSPS) is 15.7. The van der Waals surface area contributed by atoms with E-state index in [1.807, 2.05) is 0 Å². The van der Waals surface area contributed by atoms with Gasteiger partial charge in [0.2, 0.25) is 5.91 Å². The van der Waals surface area contributed by atoms with Gasteiger partial charge in [0, 0.05) is 31.7 Å². The Balaban J connectivity index is 1.66. The minimum Gasteiger partial charge on any atom is -0.375 e. The highest BCUT2D eigenvalue weighted by Crippen LogP contribution is 2.28. The van der Waals surface area contributed by atoms with Gasteiger partial charge in [0.05, 0.1) is 11.9 Å². The van der Waals surface area contributed by atoms with Crippen molar-refractivity contribution in [2.45, 2.75) is 18.8 Å². The lowest BCUT2D eigenvalue weighted by Gasteiger charge is -2.31. The van der Waals surface area contributed by atoms with Crippen LogP contribution in [0.3, 0.4) is 0 Å². The van der Waals surface area contributed by atoms with Crippen LogP contribution < -0.4 is 0 Å². The Morgan fingerprint density at radius 2 is 2.08 bits per heavy atom. The topological polar surface area (TPSA) is 58.2 Å². The number of rotatable bonds is 4. The van der Waals surface area contributed by atoms with Crippen LogP contribution in [0.15, 0.2) is 24.4 Å². The number of nitrogens with zero attached hydrogens (tertiary/aromatic N) is 2. The number of carbonyl (C=O) groups is 1. The molecule has 0 spiro atoms. The third kappa shape index (κ3) is 3.46. The number of H-pyrrole nitrogens is 1.